The molecular weight excluding hydrogens is 894 g/mol. The fraction of sp³-hybridized carbons (Fsp3) is 0.667. The number of esters is 2. The lowest BCUT2D eigenvalue weighted by molar-refractivity contribution is -0.870. The maximum absolute atomic E-state index is 12.8. The third-order valence-corrected chi connectivity index (χ3v) is 12.3. The number of hydrogen-bond acceptors (Lipinski definition) is 7. The molecule has 400 valence electrons. The maximum Gasteiger partial charge on any atom is 0.472 e. The molecule has 0 fully saturated rings. The highest BCUT2D eigenvalue weighted by Crippen LogP contribution is 2.43. The van der Waals surface area contributed by atoms with E-state index in [9.17, 15) is 19.0 Å². The van der Waals surface area contributed by atoms with E-state index < -0.39 is 26.5 Å². The van der Waals surface area contributed by atoms with Crippen LogP contribution in [0.5, 0.6) is 0 Å². The van der Waals surface area contributed by atoms with Gasteiger partial charge in [-0.1, -0.05) is 207 Å². The predicted octanol–water partition coefficient (Wildman–Crippen LogP) is 17.0. The van der Waals surface area contributed by atoms with Crippen molar-refractivity contribution < 1.29 is 42.1 Å². The van der Waals surface area contributed by atoms with E-state index in [0.29, 0.717) is 17.4 Å². The van der Waals surface area contributed by atoms with Crippen molar-refractivity contribution in [1.82, 2.24) is 0 Å². The van der Waals surface area contributed by atoms with E-state index in [-0.39, 0.29) is 32.0 Å². The molecule has 0 heterocycles. The molecule has 0 aliphatic carbocycles. The van der Waals surface area contributed by atoms with Gasteiger partial charge in [0.1, 0.15) is 19.8 Å². The summed E-state index contributed by atoms with van der Waals surface area (Å²) in [5.41, 5.74) is 0. The molecule has 0 aromatic heterocycles. The number of rotatable bonds is 49. The number of ether oxygens (including phenoxy) is 2. The Balaban J connectivity index is 4.14. The van der Waals surface area contributed by atoms with Crippen LogP contribution in [-0.4, -0.2) is 74.9 Å². The highest BCUT2D eigenvalue weighted by atomic mass is 31.2. The van der Waals surface area contributed by atoms with Crippen molar-refractivity contribution in [2.24, 2.45) is 0 Å². The third kappa shape index (κ3) is 54.0. The van der Waals surface area contributed by atoms with E-state index in [0.717, 1.165) is 122 Å². The molecule has 0 amide bonds. The van der Waals surface area contributed by atoms with Crippen LogP contribution in [0.2, 0.25) is 0 Å². The lowest BCUT2D eigenvalue weighted by Crippen LogP contribution is -2.37. The third-order valence-electron chi connectivity index (χ3n) is 11.3. The lowest BCUT2D eigenvalue weighted by Gasteiger charge is -2.24. The minimum Gasteiger partial charge on any atom is -0.462 e. The number of hydrogen-bond donors (Lipinski definition) is 1. The van der Waals surface area contributed by atoms with E-state index in [1.807, 2.05) is 21.1 Å². The van der Waals surface area contributed by atoms with Crippen molar-refractivity contribution >= 4 is 19.8 Å². The van der Waals surface area contributed by atoms with E-state index in [1.165, 1.54) is 51.4 Å². The molecule has 9 nitrogen and oxygen atoms in total. The number of allylic oxidation sites excluding steroid dienone is 18. The zero-order valence-corrected chi connectivity index (χ0v) is 46.1. The summed E-state index contributed by atoms with van der Waals surface area (Å²) in [7, 11) is 1.45. The first-order valence-corrected chi connectivity index (χ1v) is 29.1. The summed E-state index contributed by atoms with van der Waals surface area (Å²) >= 11 is 0. The summed E-state index contributed by atoms with van der Waals surface area (Å²) < 4.78 is 34.4. The number of likely N-dealkylation sites (N-methyl/N-ethyl adjacent to an activating group) is 1. The highest BCUT2D eigenvalue weighted by Gasteiger charge is 2.27. The van der Waals surface area contributed by atoms with Crippen molar-refractivity contribution in [1.29, 1.82) is 0 Å². The van der Waals surface area contributed by atoms with Gasteiger partial charge in [-0.2, -0.15) is 0 Å². The van der Waals surface area contributed by atoms with Gasteiger partial charge in [0.05, 0.1) is 27.7 Å². The Labute approximate surface area is 429 Å². The Morgan fingerprint density at radius 3 is 1.21 bits per heavy atom. The lowest BCUT2D eigenvalue weighted by atomic mass is 10.0. The standard InChI is InChI=1S/C60H102NO8P/c1-6-8-10-12-14-16-18-20-21-22-23-24-25-26-27-28-29-30-31-32-33-34-35-36-37-38-39-41-43-45-47-49-51-53-60(63)69-58(57-68-70(64,65)67-55-54-61(3,4)5)56-66-59(62)52-50-48-46-44-42-40-19-17-15-13-11-9-7-2/h8,10-11,13-14,16-17,19-21,23-24,26-27,29-30,32-33,58H,6-7,9,12,15,18,22,25,28,31,34-57H2,1-5H3/p+1/b10-8-,13-11-,16-14-,19-17-,21-20-,24-23-,27-26-,30-29-,33-32-. The first kappa shape index (κ1) is 66.7. The van der Waals surface area contributed by atoms with E-state index in [4.69, 9.17) is 18.5 Å². The van der Waals surface area contributed by atoms with E-state index in [1.54, 1.807) is 0 Å². The maximum atomic E-state index is 12.8. The number of carbonyl (C=O) groups is 2. The van der Waals surface area contributed by atoms with Crippen LogP contribution in [0.15, 0.2) is 109 Å². The Morgan fingerprint density at radius 1 is 0.457 bits per heavy atom. The number of unbranched alkanes of at least 4 members (excludes halogenated alkanes) is 17. The van der Waals surface area contributed by atoms with E-state index in [2.05, 4.69) is 123 Å². The largest absolute Gasteiger partial charge is 0.472 e. The summed E-state index contributed by atoms with van der Waals surface area (Å²) in [5.74, 6) is -0.825. The Morgan fingerprint density at radius 2 is 0.814 bits per heavy atom. The average molecular weight is 997 g/mol. The summed E-state index contributed by atoms with van der Waals surface area (Å²) in [4.78, 5) is 35.5. The second kappa shape index (κ2) is 50.6. The van der Waals surface area contributed by atoms with Crippen molar-refractivity contribution in [2.45, 2.75) is 213 Å². The van der Waals surface area contributed by atoms with Crippen molar-refractivity contribution in [3.05, 3.63) is 109 Å². The van der Waals surface area contributed by atoms with Gasteiger partial charge in [-0.15, -0.1) is 0 Å². The van der Waals surface area contributed by atoms with Crippen molar-refractivity contribution in [3.63, 3.8) is 0 Å². The first-order chi connectivity index (χ1) is 34.0. The quantitative estimate of drug-likeness (QED) is 0.0211. The molecule has 70 heavy (non-hydrogen) atoms. The monoisotopic (exact) mass is 997 g/mol. The minimum atomic E-state index is -4.39. The molecular formula is C60H103NO8P+. The molecule has 10 heteroatoms. The highest BCUT2D eigenvalue weighted by molar-refractivity contribution is 7.47. The summed E-state index contributed by atoms with van der Waals surface area (Å²) in [6.07, 6.45) is 70.1. The van der Waals surface area contributed by atoms with Crippen LogP contribution in [0, 0.1) is 0 Å². The van der Waals surface area contributed by atoms with Gasteiger partial charge in [-0.05, 0) is 96.3 Å². The molecule has 0 aliphatic heterocycles. The first-order valence-electron chi connectivity index (χ1n) is 27.6. The van der Waals surface area contributed by atoms with Gasteiger partial charge in [0.15, 0.2) is 6.10 Å². The Kier molecular flexibility index (Phi) is 48.2. The number of carbonyl (C=O) groups excluding carboxylic acids is 2. The molecule has 0 radical (unpaired) electrons. The van der Waals surface area contributed by atoms with Gasteiger partial charge in [0.2, 0.25) is 0 Å². The second-order valence-corrected chi connectivity index (χ2v) is 20.7. The molecule has 0 aliphatic rings. The second-order valence-electron chi connectivity index (χ2n) is 19.2. The predicted molar refractivity (Wildman–Crippen MR) is 298 cm³/mol. The van der Waals surface area contributed by atoms with Crippen LogP contribution < -0.4 is 0 Å². The fourth-order valence-corrected chi connectivity index (χ4v) is 7.77. The van der Waals surface area contributed by atoms with Gasteiger partial charge in [-0.3, -0.25) is 18.6 Å². The van der Waals surface area contributed by atoms with Gasteiger partial charge in [0, 0.05) is 12.8 Å². The number of nitrogens with zero attached hydrogens (tertiary/aromatic N) is 1. The Bertz CT molecular complexity index is 1550. The Hall–Kier alpha value is -3.33. The molecule has 0 bridgehead atoms. The molecule has 0 spiro atoms. The zero-order chi connectivity index (χ0) is 51.3. The molecule has 2 atom stereocenters. The smallest absolute Gasteiger partial charge is 0.462 e. The normalized spacial score (nSPS) is 14.2. The molecule has 1 N–H and O–H groups in total. The van der Waals surface area contributed by atoms with E-state index >= 15 is 0 Å². The van der Waals surface area contributed by atoms with Crippen LogP contribution in [-0.2, 0) is 32.7 Å². The molecule has 0 rings (SSSR count). The summed E-state index contributed by atoms with van der Waals surface area (Å²) in [5, 5.41) is 0. The molecule has 0 saturated carbocycles. The topological polar surface area (TPSA) is 108 Å². The molecule has 0 aromatic rings. The molecule has 0 aromatic carbocycles. The zero-order valence-electron chi connectivity index (χ0n) is 45.2. The van der Waals surface area contributed by atoms with Crippen LogP contribution in [0.4, 0.5) is 0 Å². The van der Waals surface area contributed by atoms with Gasteiger partial charge in [0.25, 0.3) is 0 Å². The fourth-order valence-electron chi connectivity index (χ4n) is 7.03. The van der Waals surface area contributed by atoms with Crippen molar-refractivity contribution in [3.8, 4) is 0 Å². The average Bonchev–Trinajstić information content (AvgIpc) is 3.32. The van der Waals surface area contributed by atoms with Crippen LogP contribution in [0.3, 0.4) is 0 Å². The number of phosphoric acid groups is 1. The van der Waals surface area contributed by atoms with Crippen LogP contribution >= 0.6 is 7.82 Å². The van der Waals surface area contributed by atoms with Gasteiger partial charge in [-0.25, -0.2) is 4.57 Å². The van der Waals surface area contributed by atoms with Gasteiger partial charge >= 0.3 is 19.8 Å². The van der Waals surface area contributed by atoms with Crippen LogP contribution in [0.1, 0.15) is 206 Å². The van der Waals surface area contributed by atoms with Gasteiger partial charge < -0.3 is 18.9 Å². The molecule has 0 saturated heterocycles. The minimum absolute atomic E-state index is 0.0237. The summed E-state index contributed by atoms with van der Waals surface area (Å²) in [6, 6.07) is 0. The SMILES string of the molecule is CC/C=C\C/C=C\C/C=C\C/C=C\C/C=C\C/C=C\C/C=C\CCCCCCCCCCCCCC(=O)OC(COC(=O)CCCCCCC/C=C\C/C=C\CCC)COP(=O)(O)OCC[N+](C)(C)C. The summed E-state index contributed by atoms with van der Waals surface area (Å²) in [6.45, 7) is 4.21. The molecule has 2 unspecified atom stereocenters. The number of phosphoric ester groups is 1. The number of quaternary nitrogens is 1. The van der Waals surface area contributed by atoms with Crippen LogP contribution in [0.25, 0.3) is 0 Å². The van der Waals surface area contributed by atoms with Crippen molar-refractivity contribution in [2.75, 3.05) is 47.5 Å².